The zero-order valence-electron chi connectivity index (χ0n) is 9.02. The smallest absolute Gasteiger partial charge is 0.0772 e. The fourth-order valence-electron chi connectivity index (χ4n) is 1.91. The number of rotatable bonds is 2. The molecule has 0 aliphatic carbocycles. The SMILES string of the molecule is CC1CN(c2cccnc2CN)CCO1. The summed E-state index contributed by atoms with van der Waals surface area (Å²) in [5, 5.41) is 0. The maximum absolute atomic E-state index is 5.67. The molecule has 1 aromatic rings. The molecular formula is C11H17N3O. The van der Waals surface area contributed by atoms with Crippen molar-refractivity contribution >= 4 is 5.69 Å². The quantitative estimate of drug-likeness (QED) is 0.778. The van der Waals surface area contributed by atoms with E-state index >= 15 is 0 Å². The summed E-state index contributed by atoms with van der Waals surface area (Å²) in [5.41, 5.74) is 7.78. The Morgan fingerprint density at radius 3 is 3.27 bits per heavy atom. The predicted octanol–water partition coefficient (Wildman–Crippen LogP) is 0.765. The van der Waals surface area contributed by atoms with Gasteiger partial charge in [-0.15, -0.1) is 0 Å². The van der Waals surface area contributed by atoms with E-state index in [0.717, 1.165) is 31.1 Å². The third-order valence-electron chi connectivity index (χ3n) is 2.64. The summed E-state index contributed by atoms with van der Waals surface area (Å²) in [6.07, 6.45) is 2.07. The van der Waals surface area contributed by atoms with Crippen LogP contribution in [-0.2, 0) is 11.3 Å². The van der Waals surface area contributed by atoms with Crippen LogP contribution in [0.15, 0.2) is 18.3 Å². The third-order valence-corrected chi connectivity index (χ3v) is 2.64. The van der Waals surface area contributed by atoms with Crippen molar-refractivity contribution in [2.45, 2.75) is 19.6 Å². The molecule has 2 heterocycles. The van der Waals surface area contributed by atoms with E-state index in [9.17, 15) is 0 Å². The van der Waals surface area contributed by atoms with Crippen molar-refractivity contribution in [1.29, 1.82) is 0 Å². The number of pyridine rings is 1. The molecule has 0 saturated carbocycles. The standard InChI is InChI=1S/C11H17N3O/c1-9-8-14(5-6-15-9)11-3-2-4-13-10(11)7-12/h2-4,9H,5-8,12H2,1H3. The van der Waals surface area contributed by atoms with Crippen molar-refractivity contribution in [3.05, 3.63) is 24.0 Å². The number of hydrogen-bond donors (Lipinski definition) is 1. The molecule has 2 rings (SSSR count). The van der Waals surface area contributed by atoms with Gasteiger partial charge in [0.1, 0.15) is 0 Å². The molecule has 1 atom stereocenters. The summed E-state index contributed by atoms with van der Waals surface area (Å²) < 4.78 is 5.51. The van der Waals surface area contributed by atoms with E-state index in [1.807, 2.05) is 6.07 Å². The number of morpholine rings is 1. The van der Waals surface area contributed by atoms with Crippen molar-refractivity contribution in [2.24, 2.45) is 5.73 Å². The number of nitrogens with two attached hydrogens (primary N) is 1. The van der Waals surface area contributed by atoms with Gasteiger partial charge < -0.3 is 15.4 Å². The molecule has 1 unspecified atom stereocenters. The monoisotopic (exact) mass is 207 g/mol. The predicted molar refractivity (Wildman–Crippen MR) is 59.8 cm³/mol. The number of aromatic nitrogens is 1. The Bertz CT molecular complexity index is 329. The number of nitrogens with zero attached hydrogens (tertiary/aromatic N) is 2. The lowest BCUT2D eigenvalue weighted by Crippen LogP contribution is -2.41. The first-order chi connectivity index (χ1) is 7.31. The molecule has 0 amide bonds. The molecule has 15 heavy (non-hydrogen) atoms. The molecule has 1 aliphatic heterocycles. The lowest BCUT2D eigenvalue weighted by molar-refractivity contribution is 0.0531. The summed E-state index contributed by atoms with van der Waals surface area (Å²) >= 11 is 0. The van der Waals surface area contributed by atoms with Crippen molar-refractivity contribution in [3.8, 4) is 0 Å². The molecule has 0 aromatic carbocycles. The van der Waals surface area contributed by atoms with E-state index in [4.69, 9.17) is 10.5 Å². The van der Waals surface area contributed by atoms with Crippen LogP contribution in [-0.4, -0.2) is 30.8 Å². The van der Waals surface area contributed by atoms with Crippen LogP contribution >= 0.6 is 0 Å². The van der Waals surface area contributed by atoms with Crippen LogP contribution < -0.4 is 10.6 Å². The summed E-state index contributed by atoms with van der Waals surface area (Å²) in [6, 6.07) is 4.03. The van der Waals surface area contributed by atoms with Crippen LogP contribution in [0.3, 0.4) is 0 Å². The van der Waals surface area contributed by atoms with E-state index in [1.165, 1.54) is 0 Å². The molecule has 2 N–H and O–H groups in total. The van der Waals surface area contributed by atoms with Crippen LogP contribution in [0.2, 0.25) is 0 Å². The minimum Gasteiger partial charge on any atom is -0.375 e. The van der Waals surface area contributed by atoms with Crippen molar-refractivity contribution in [2.75, 3.05) is 24.6 Å². The van der Waals surface area contributed by atoms with Gasteiger partial charge in [0, 0.05) is 25.8 Å². The maximum atomic E-state index is 5.67. The topological polar surface area (TPSA) is 51.4 Å². The highest BCUT2D eigenvalue weighted by Crippen LogP contribution is 2.20. The van der Waals surface area contributed by atoms with E-state index in [1.54, 1.807) is 6.20 Å². The van der Waals surface area contributed by atoms with Crippen molar-refractivity contribution in [3.63, 3.8) is 0 Å². The Balaban J connectivity index is 2.20. The molecule has 4 heteroatoms. The molecule has 1 aliphatic rings. The van der Waals surface area contributed by atoms with E-state index in [-0.39, 0.29) is 6.10 Å². The Hall–Kier alpha value is -1.13. The molecule has 4 nitrogen and oxygen atoms in total. The average Bonchev–Trinajstić information content (AvgIpc) is 2.29. The zero-order chi connectivity index (χ0) is 10.7. The average molecular weight is 207 g/mol. The minimum atomic E-state index is 0.282. The van der Waals surface area contributed by atoms with Gasteiger partial charge in [-0.1, -0.05) is 0 Å². The van der Waals surface area contributed by atoms with Crippen molar-refractivity contribution in [1.82, 2.24) is 4.98 Å². The van der Waals surface area contributed by atoms with Crippen LogP contribution in [0.5, 0.6) is 0 Å². The highest BCUT2D eigenvalue weighted by molar-refractivity contribution is 5.50. The van der Waals surface area contributed by atoms with E-state index < -0.39 is 0 Å². The van der Waals surface area contributed by atoms with Gasteiger partial charge >= 0.3 is 0 Å². The lowest BCUT2D eigenvalue weighted by Gasteiger charge is -2.33. The second-order valence-electron chi connectivity index (χ2n) is 3.80. The van der Waals surface area contributed by atoms with Crippen LogP contribution in [0.1, 0.15) is 12.6 Å². The van der Waals surface area contributed by atoms with Crippen LogP contribution in [0, 0.1) is 0 Å². The normalized spacial score (nSPS) is 21.7. The number of hydrogen-bond acceptors (Lipinski definition) is 4. The third kappa shape index (κ3) is 2.27. The molecule has 1 fully saturated rings. The maximum Gasteiger partial charge on any atom is 0.0772 e. The molecule has 0 radical (unpaired) electrons. The first-order valence-electron chi connectivity index (χ1n) is 5.31. The first-order valence-corrected chi connectivity index (χ1v) is 5.31. The highest BCUT2D eigenvalue weighted by atomic mass is 16.5. The molecule has 1 saturated heterocycles. The summed E-state index contributed by atoms with van der Waals surface area (Å²) in [6.45, 7) is 5.19. The first kappa shape index (κ1) is 10.4. The Morgan fingerprint density at radius 1 is 1.67 bits per heavy atom. The Labute approximate surface area is 90.0 Å². The highest BCUT2D eigenvalue weighted by Gasteiger charge is 2.18. The van der Waals surface area contributed by atoms with Crippen LogP contribution in [0.25, 0.3) is 0 Å². The zero-order valence-corrected chi connectivity index (χ0v) is 9.02. The fourth-order valence-corrected chi connectivity index (χ4v) is 1.91. The van der Waals surface area contributed by atoms with E-state index in [2.05, 4.69) is 22.9 Å². The Morgan fingerprint density at radius 2 is 2.53 bits per heavy atom. The van der Waals surface area contributed by atoms with Gasteiger partial charge in [-0.3, -0.25) is 4.98 Å². The molecule has 0 bridgehead atoms. The molecule has 82 valence electrons. The molecular weight excluding hydrogens is 190 g/mol. The van der Waals surface area contributed by atoms with Gasteiger partial charge in [0.15, 0.2) is 0 Å². The van der Waals surface area contributed by atoms with Gasteiger partial charge in [0.2, 0.25) is 0 Å². The Kier molecular flexibility index (Phi) is 3.18. The van der Waals surface area contributed by atoms with Gasteiger partial charge in [0.25, 0.3) is 0 Å². The minimum absolute atomic E-state index is 0.282. The number of ether oxygens (including phenoxy) is 1. The van der Waals surface area contributed by atoms with Gasteiger partial charge in [-0.25, -0.2) is 0 Å². The van der Waals surface area contributed by atoms with E-state index in [0.29, 0.717) is 6.54 Å². The van der Waals surface area contributed by atoms with Gasteiger partial charge in [-0.05, 0) is 19.1 Å². The largest absolute Gasteiger partial charge is 0.375 e. The van der Waals surface area contributed by atoms with Crippen LogP contribution in [0.4, 0.5) is 5.69 Å². The summed E-state index contributed by atoms with van der Waals surface area (Å²) in [4.78, 5) is 6.58. The van der Waals surface area contributed by atoms with Gasteiger partial charge in [0.05, 0.1) is 24.1 Å². The second-order valence-corrected chi connectivity index (χ2v) is 3.80. The number of anilines is 1. The van der Waals surface area contributed by atoms with Gasteiger partial charge in [-0.2, -0.15) is 0 Å². The molecule has 1 aromatic heterocycles. The van der Waals surface area contributed by atoms with Crippen molar-refractivity contribution < 1.29 is 4.74 Å². The second kappa shape index (κ2) is 4.59. The lowest BCUT2D eigenvalue weighted by atomic mass is 10.2. The fraction of sp³-hybridized carbons (Fsp3) is 0.545. The summed E-state index contributed by atoms with van der Waals surface area (Å²) in [7, 11) is 0. The summed E-state index contributed by atoms with van der Waals surface area (Å²) in [5.74, 6) is 0. The molecule has 0 spiro atoms.